The summed E-state index contributed by atoms with van der Waals surface area (Å²) in [5, 5.41) is 14.0. The molecular formula is C18H23N5O2S. The molecule has 3 rings (SSSR count). The summed E-state index contributed by atoms with van der Waals surface area (Å²) in [7, 11) is 0. The Morgan fingerprint density at radius 2 is 2.00 bits per heavy atom. The first-order valence-corrected chi connectivity index (χ1v) is 9.53. The first-order chi connectivity index (χ1) is 12.5. The fraction of sp³-hybridized carbons (Fsp3) is 0.444. The van der Waals surface area contributed by atoms with Crippen molar-refractivity contribution in [1.29, 1.82) is 0 Å². The minimum atomic E-state index is -0.357. The van der Waals surface area contributed by atoms with Gasteiger partial charge in [0.2, 0.25) is 11.8 Å². The average Bonchev–Trinajstić information content (AvgIpc) is 3.35. The molecule has 138 valence electrons. The van der Waals surface area contributed by atoms with Crippen LogP contribution in [-0.2, 0) is 9.59 Å². The van der Waals surface area contributed by atoms with Crippen LogP contribution in [0.3, 0.4) is 0 Å². The summed E-state index contributed by atoms with van der Waals surface area (Å²) in [5.74, 6) is -0.439. The first kappa shape index (κ1) is 18.4. The number of anilines is 1. The Bertz CT molecular complexity index is 795. The summed E-state index contributed by atoms with van der Waals surface area (Å²) in [6.07, 6.45) is 3.97. The molecule has 0 bridgehead atoms. The lowest BCUT2D eigenvalue weighted by atomic mass is 10.1. The van der Waals surface area contributed by atoms with E-state index in [-0.39, 0.29) is 23.6 Å². The van der Waals surface area contributed by atoms with Gasteiger partial charge in [-0.1, -0.05) is 30.0 Å². The second-order valence-electron chi connectivity index (χ2n) is 6.54. The molecule has 0 saturated heterocycles. The van der Waals surface area contributed by atoms with E-state index in [0.29, 0.717) is 6.04 Å². The number of hydrogen-bond donors (Lipinski definition) is 2. The number of aryl methyl sites for hydroxylation is 2. The molecule has 8 heteroatoms. The third-order valence-corrected chi connectivity index (χ3v) is 5.37. The molecule has 1 atom stereocenters. The van der Waals surface area contributed by atoms with Gasteiger partial charge in [-0.25, -0.2) is 0 Å². The van der Waals surface area contributed by atoms with Crippen molar-refractivity contribution < 1.29 is 9.59 Å². The maximum absolute atomic E-state index is 12.3. The molecule has 0 radical (unpaired) electrons. The second-order valence-corrected chi connectivity index (χ2v) is 7.85. The van der Waals surface area contributed by atoms with Gasteiger partial charge in [-0.3, -0.25) is 9.59 Å². The molecule has 26 heavy (non-hydrogen) atoms. The van der Waals surface area contributed by atoms with E-state index in [1.165, 1.54) is 11.8 Å². The molecule has 1 fully saturated rings. The smallest absolute Gasteiger partial charge is 0.243 e. The number of rotatable bonds is 7. The van der Waals surface area contributed by atoms with Gasteiger partial charge in [0.05, 0.1) is 11.8 Å². The normalized spacial score (nSPS) is 14.7. The van der Waals surface area contributed by atoms with Crippen LogP contribution in [0.4, 0.5) is 5.69 Å². The topological polar surface area (TPSA) is 88.9 Å². The van der Waals surface area contributed by atoms with E-state index in [1.807, 2.05) is 36.6 Å². The average molecular weight is 373 g/mol. The zero-order chi connectivity index (χ0) is 18.7. The first-order valence-electron chi connectivity index (χ1n) is 8.65. The molecule has 2 amide bonds. The highest BCUT2D eigenvalue weighted by molar-refractivity contribution is 8.00. The number of thioether (sulfide) groups is 1. The molecule has 2 aromatic rings. The Morgan fingerprint density at radius 1 is 1.31 bits per heavy atom. The van der Waals surface area contributed by atoms with Crippen LogP contribution in [0.15, 0.2) is 29.7 Å². The highest BCUT2D eigenvalue weighted by atomic mass is 32.2. The van der Waals surface area contributed by atoms with E-state index in [4.69, 9.17) is 0 Å². The van der Waals surface area contributed by atoms with Gasteiger partial charge in [0.25, 0.3) is 0 Å². The van der Waals surface area contributed by atoms with Crippen LogP contribution >= 0.6 is 11.8 Å². The molecule has 1 aliphatic rings. The summed E-state index contributed by atoms with van der Waals surface area (Å²) >= 11 is 1.36. The number of carbonyl (C=O) groups excluding carboxylic acids is 2. The van der Waals surface area contributed by atoms with E-state index in [9.17, 15) is 9.59 Å². The van der Waals surface area contributed by atoms with Crippen LogP contribution in [0, 0.1) is 13.8 Å². The lowest BCUT2D eigenvalue weighted by Crippen LogP contribution is -2.37. The molecule has 2 N–H and O–H groups in total. The van der Waals surface area contributed by atoms with Gasteiger partial charge in [0.1, 0.15) is 6.33 Å². The number of aromatic nitrogens is 3. The summed E-state index contributed by atoms with van der Waals surface area (Å²) in [5.41, 5.74) is 2.78. The Kier molecular flexibility index (Phi) is 5.61. The van der Waals surface area contributed by atoms with Crippen LogP contribution < -0.4 is 10.6 Å². The van der Waals surface area contributed by atoms with Crippen molar-refractivity contribution in [3.05, 3.63) is 35.7 Å². The number of hydrogen-bond acceptors (Lipinski definition) is 5. The molecule has 1 aromatic carbocycles. The van der Waals surface area contributed by atoms with E-state index in [1.54, 1.807) is 13.3 Å². The fourth-order valence-electron chi connectivity index (χ4n) is 2.64. The maximum Gasteiger partial charge on any atom is 0.243 e. The van der Waals surface area contributed by atoms with Crippen molar-refractivity contribution in [2.75, 3.05) is 11.9 Å². The quantitative estimate of drug-likeness (QED) is 0.728. The van der Waals surface area contributed by atoms with Crippen LogP contribution in [0.5, 0.6) is 0 Å². The molecular weight excluding hydrogens is 350 g/mol. The maximum atomic E-state index is 12.3. The van der Waals surface area contributed by atoms with Gasteiger partial charge in [-0.15, -0.1) is 10.2 Å². The summed E-state index contributed by atoms with van der Waals surface area (Å²) < 4.78 is 2.02. The number of carbonyl (C=O) groups is 2. The number of nitrogens with zero attached hydrogens (tertiary/aromatic N) is 3. The highest BCUT2D eigenvalue weighted by Crippen LogP contribution is 2.37. The summed E-state index contributed by atoms with van der Waals surface area (Å²) in [6, 6.07) is 6.29. The van der Waals surface area contributed by atoms with Crippen molar-refractivity contribution in [2.45, 2.75) is 50.1 Å². The minimum Gasteiger partial charge on any atom is -0.346 e. The predicted molar refractivity (Wildman–Crippen MR) is 101 cm³/mol. The van der Waals surface area contributed by atoms with Gasteiger partial charge in [-0.2, -0.15) is 0 Å². The van der Waals surface area contributed by atoms with Crippen molar-refractivity contribution in [3.63, 3.8) is 0 Å². The molecule has 7 nitrogen and oxygen atoms in total. The Morgan fingerprint density at radius 3 is 2.65 bits per heavy atom. The van der Waals surface area contributed by atoms with Crippen molar-refractivity contribution >= 4 is 29.3 Å². The highest BCUT2D eigenvalue weighted by Gasteiger charge is 2.28. The van der Waals surface area contributed by atoms with Crippen LogP contribution in [0.2, 0.25) is 0 Å². The fourth-order valence-corrected chi connectivity index (χ4v) is 3.56. The van der Waals surface area contributed by atoms with Gasteiger partial charge in [0.15, 0.2) is 5.16 Å². The molecule has 0 aliphatic heterocycles. The monoisotopic (exact) mass is 373 g/mol. The van der Waals surface area contributed by atoms with E-state index < -0.39 is 0 Å². The van der Waals surface area contributed by atoms with Gasteiger partial charge < -0.3 is 15.2 Å². The van der Waals surface area contributed by atoms with E-state index in [2.05, 4.69) is 20.8 Å². The Hall–Kier alpha value is -2.35. The molecule has 1 saturated carbocycles. The molecule has 0 unspecified atom stereocenters. The Balaban J connectivity index is 1.50. The Labute approximate surface area is 157 Å². The number of benzene rings is 1. The van der Waals surface area contributed by atoms with Crippen LogP contribution in [0.1, 0.15) is 36.9 Å². The van der Waals surface area contributed by atoms with Crippen LogP contribution in [-0.4, -0.2) is 38.4 Å². The zero-order valence-corrected chi connectivity index (χ0v) is 16.0. The molecule has 0 spiro atoms. The predicted octanol–water partition coefficient (Wildman–Crippen LogP) is 2.47. The summed E-state index contributed by atoms with van der Waals surface area (Å²) in [4.78, 5) is 24.4. The largest absolute Gasteiger partial charge is 0.346 e. The lowest BCUT2D eigenvalue weighted by molar-refractivity contribution is -0.123. The van der Waals surface area contributed by atoms with Crippen molar-refractivity contribution in [1.82, 2.24) is 20.1 Å². The van der Waals surface area contributed by atoms with E-state index in [0.717, 1.165) is 34.8 Å². The number of amides is 2. The SMILES string of the molecule is Cc1cccc(C)c1NC(=O)CNC(=O)[C@@H](C)Sc1nncn1C1CC1. The minimum absolute atomic E-state index is 0.0627. The third kappa shape index (κ3) is 4.43. The second kappa shape index (κ2) is 7.90. The van der Waals surface area contributed by atoms with Gasteiger partial charge >= 0.3 is 0 Å². The molecule has 1 heterocycles. The molecule has 1 aromatic heterocycles. The van der Waals surface area contributed by atoms with Gasteiger partial charge in [-0.05, 0) is 44.7 Å². The third-order valence-electron chi connectivity index (χ3n) is 4.30. The summed E-state index contributed by atoms with van der Waals surface area (Å²) in [6.45, 7) is 5.62. The van der Waals surface area contributed by atoms with Crippen molar-refractivity contribution in [2.24, 2.45) is 0 Å². The lowest BCUT2D eigenvalue weighted by Gasteiger charge is -2.14. The van der Waals surface area contributed by atoms with Crippen LogP contribution in [0.25, 0.3) is 0 Å². The number of nitrogens with one attached hydrogen (secondary N) is 2. The zero-order valence-electron chi connectivity index (χ0n) is 15.2. The molecule has 1 aliphatic carbocycles. The standard InChI is InChI=1S/C18H23N5O2S/c1-11-5-4-6-12(2)16(11)21-15(24)9-19-17(25)13(3)26-18-22-20-10-23(18)14-7-8-14/h4-6,10,13-14H,7-9H2,1-3H3,(H,19,25)(H,21,24)/t13-/m1/s1. The van der Waals surface area contributed by atoms with Gasteiger partial charge in [0, 0.05) is 11.7 Å². The van der Waals surface area contributed by atoms with Crippen molar-refractivity contribution in [3.8, 4) is 0 Å². The number of para-hydroxylation sites is 1. The van der Waals surface area contributed by atoms with E-state index >= 15 is 0 Å².